The van der Waals surface area contributed by atoms with E-state index >= 15 is 0 Å². The molecule has 0 saturated heterocycles. The van der Waals surface area contributed by atoms with Gasteiger partial charge in [0.1, 0.15) is 10.3 Å². The molecular formula is C13H8Cl2F3N3. The van der Waals surface area contributed by atoms with Gasteiger partial charge in [0, 0.05) is 5.56 Å². The summed E-state index contributed by atoms with van der Waals surface area (Å²) < 4.78 is 37.6. The van der Waals surface area contributed by atoms with E-state index in [-0.39, 0.29) is 16.0 Å². The molecule has 0 bridgehead atoms. The molecule has 21 heavy (non-hydrogen) atoms. The van der Waals surface area contributed by atoms with Crippen LogP contribution in [0.1, 0.15) is 11.1 Å². The van der Waals surface area contributed by atoms with Gasteiger partial charge in [0.25, 0.3) is 0 Å². The molecule has 1 N–H and O–H groups in total. The van der Waals surface area contributed by atoms with Crippen LogP contribution in [0.4, 0.5) is 18.9 Å². The van der Waals surface area contributed by atoms with E-state index in [1.807, 2.05) is 0 Å². The van der Waals surface area contributed by atoms with E-state index in [1.54, 1.807) is 0 Å². The van der Waals surface area contributed by atoms with Crippen LogP contribution in [0.15, 0.2) is 41.5 Å². The molecule has 1 aromatic carbocycles. The highest BCUT2D eigenvalue weighted by Crippen LogP contribution is 2.30. The Morgan fingerprint density at radius 2 is 1.76 bits per heavy atom. The number of nitrogens with zero attached hydrogens (tertiary/aromatic N) is 2. The van der Waals surface area contributed by atoms with E-state index in [9.17, 15) is 13.2 Å². The van der Waals surface area contributed by atoms with Crippen LogP contribution in [-0.2, 0) is 6.18 Å². The Kier molecular flexibility index (Phi) is 4.69. The standard InChI is InChI=1S/C13H8Cl2F3N3/c14-11-4-8(5-12(15)20-11)7-19-21-10-3-1-2-9(6-10)13(16,17)18/h1-7,21H/b19-7+. The second-order valence-electron chi connectivity index (χ2n) is 3.99. The lowest BCUT2D eigenvalue weighted by Crippen LogP contribution is -2.05. The quantitative estimate of drug-likeness (QED) is 0.495. The number of hydrogen-bond donors (Lipinski definition) is 1. The largest absolute Gasteiger partial charge is 0.416 e. The van der Waals surface area contributed by atoms with E-state index in [1.165, 1.54) is 30.5 Å². The Hall–Kier alpha value is -1.79. The van der Waals surface area contributed by atoms with Gasteiger partial charge in [0.15, 0.2) is 0 Å². The van der Waals surface area contributed by atoms with Crippen LogP contribution in [0, 0.1) is 0 Å². The second kappa shape index (κ2) is 6.32. The highest BCUT2D eigenvalue weighted by atomic mass is 35.5. The molecule has 0 fully saturated rings. The molecule has 1 heterocycles. The summed E-state index contributed by atoms with van der Waals surface area (Å²) in [6.07, 6.45) is -3.02. The fraction of sp³-hybridized carbons (Fsp3) is 0.0769. The van der Waals surface area contributed by atoms with Gasteiger partial charge in [-0.3, -0.25) is 5.43 Å². The van der Waals surface area contributed by atoms with E-state index < -0.39 is 11.7 Å². The number of benzene rings is 1. The molecule has 0 radical (unpaired) electrons. The van der Waals surface area contributed by atoms with Gasteiger partial charge in [0.2, 0.25) is 0 Å². The number of pyridine rings is 1. The average molecular weight is 334 g/mol. The average Bonchev–Trinajstić information content (AvgIpc) is 2.37. The monoisotopic (exact) mass is 333 g/mol. The first-order valence-corrected chi connectivity index (χ1v) is 6.39. The van der Waals surface area contributed by atoms with Crippen molar-refractivity contribution in [2.24, 2.45) is 5.10 Å². The molecule has 0 aliphatic heterocycles. The summed E-state index contributed by atoms with van der Waals surface area (Å²) in [5.74, 6) is 0. The third-order valence-corrected chi connectivity index (χ3v) is 2.77. The second-order valence-corrected chi connectivity index (χ2v) is 4.77. The van der Waals surface area contributed by atoms with Gasteiger partial charge in [-0.15, -0.1) is 0 Å². The fourth-order valence-corrected chi connectivity index (χ4v) is 1.98. The van der Waals surface area contributed by atoms with Crippen molar-refractivity contribution < 1.29 is 13.2 Å². The van der Waals surface area contributed by atoms with Crippen molar-refractivity contribution in [3.05, 3.63) is 57.8 Å². The molecule has 8 heteroatoms. The molecule has 1 aromatic heterocycles. The first kappa shape index (κ1) is 15.6. The molecule has 3 nitrogen and oxygen atoms in total. The number of rotatable bonds is 3. The Morgan fingerprint density at radius 1 is 1.10 bits per heavy atom. The van der Waals surface area contributed by atoms with Crippen LogP contribution in [0.2, 0.25) is 10.3 Å². The molecule has 0 amide bonds. The summed E-state index contributed by atoms with van der Waals surface area (Å²) in [5, 5.41) is 4.22. The molecule has 0 saturated carbocycles. The van der Waals surface area contributed by atoms with Gasteiger partial charge in [-0.1, -0.05) is 29.3 Å². The molecule has 2 rings (SSSR count). The minimum Gasteiger partial charge on any atom is -0.278 e. The third kappa shape index (κ3) is 4.61. The summed E-state index contributed by atoms with van der Waals surface area (Å²) in [4.78, 5) is 3.76. The van der Waals surface area contributed by atoms with Crippen LogP contribution >= 0.6 is 23.2 Å². The predicted molar refractivity (Wildman–Crippen MR) is 76.9 cm³/mol. The Balaban J connectivity index is 2.11. The van der Waals surface area contributed by atoms with Crippen molar-refractivity contribution >= 4 is 35.1 Å². The number of hydrazone groups is 1. The Labute approximate surface area is 128 Å². The van der Waals surface area contributed by atoms with Crippen molar-refractivity contribution in [2.45, 2.75) is 6.18 Å². The SMILES string of the molecule is FC(F)(F)c1cccc(N/N=C/c2cc(Cl)nc(Cl)c2)c1. The summed E-state index contributed by atoms with van der Waals surface area (Å²) in [6, 6.07) is 7.75. The number of hydrogen-bond acceptors (Lipinski definition) is 3. The number of aromatic nitrogens is 1. The van der Waals surface area contributed by atoms with E-state index in [0.29, 0.717) is 5.56 Å². The van der Waals surface area contributed by atoms with E-state index in [0.717, 1.165) is 12.1 Å². The van der Waals surface area contributed by atoms with Gasteiger partial charge < -0.3 is 0 Å². The number of halogens is 5. The number of anilines is 1. The minimum atomic E-state index is -4.40. The summed E-state index contributed by atoms with van der Waals surface area (Å²) in [6.45, 7) is 0. The zero-order valence-electron chi connectivity index (χ0n) is 10.3. The van der Waals surface area contributed by atoms with Crippen molar-refractivity contribution in [1.82, 2.24) is 4.98 Å². The van der Waals surface area contributed by atoms with Crippen LogP contribution in [0.25, 0.3) is 0 Å². The van der Waals surface area contributed by atoms with Gasteiger partial charge in [-0.2, -0.15) is 18.3 Å². The van der Waals surface area contributed by atoms with Gasteiger partial charge in [-0.05, 0) is 30.3 Å². The molecule has 0 atom stereocenters. The van der Waals surface area contributed by atoms with Gasteiger partial charge >= 0.3 is 6.18 Å². The number of alkyl halides is 3. The van der Waals surface area contributed by atoms with Crippen LogP contribution in [0.5, 0.6) is 0 Å². The molecule has 0 aliphatic carbocycles. The highest BCUT2D eigenvalue weighted by molar-refractivity contribution is 6.32. The van der Waals surface area contributed by atoms with E-state index in [4.69, 9.17) is 23.2 Å². The van der Waals surface area contributed by atoms with Gasteiger partial charge in [0.05, 0.1) is 17.5 Å². The maximum atomic E-state index is 12.5. The lowest BCUT2D eigenvalue weighted by atomic mass is 10.2. The topological polar surface area (TPSA) is 37.3 Å². The minimum absolute atomic E-state index is 0.197. The van der Waals surface area contributed by atoms with Crippen LogP contribution < -0.4 is 5.43 Å². The summed E-state index contributed by atoms with van der Waals surface area (Å²) in [7, 11) is 0. The third-order valence-electron chi connectivity index (χ3n) is 2.38. The maximum Gasteiger partial charge on any atom is 0.416 e. The predicted octanol–water partition coefficient (Wildman–Crippen LogP) is 4.85. The van der Waals surface area contributed by atoms with Crippen molar-refractivity contribution in [3.8, 4) is 0 Å². The zero-order valence-corrected chi connectivity index (χ0v) is 11.8. The summed E-state index contributed by atoms with van der Waals surface area (Å²) in [5.41, 5.74) is 2.54. The van der Waals surface area contributed by atoms with Crippen LogP contribution in [0.3, 0.4) is 0 Å². The van der Waals surface area contributed by atoms with Gasteiger partial charge in [-0.25, -0.2) is 4.98 Å². The lowest BCUT2D eigenvalue weighted by Gasteiger charge is -2.08. The molecule has 110 valence electrons. The first-order valence-electron chi connectivity index (χ1n) is 5.64. The fourth-order valence-electron chi connectivity index (χ4n) is 1.50. The molecule has 0 spiro atoms. The van der Waals surface area contributed by atoms with Crippen LogP contribution in [-0.4, -0.2) is 11.2 Å². The molecular weight excluding hydrogens is 326 g/mol. The number of nitrogens with one attached hydrogen (secondary N) is 1. The maximum absolute atomic E-state index is 12.5. The Morgan fingerprint density at radius 3 is 2.38 bits per heavy atom. The normalized spacial score (nSPS) is 11.9. The smallest absolute Gasteiger partial charge is 0.278 e. The van der Waals surface area contributed by atoms with E-state index in [2.05, 4.69) is 15.5 Å². The van der Waals surface area contributed by atoms with Crippen molar-refractivity contribution in [1.29, 1.82) is 0 Å². The molecule has 0 unspecified atom stereocenters. The van der Waals surface area contributed by atoms with Crippen molar-refractivity contribution in [3.63, 3.8) is 0 Å². The zero-order chi connectivity index (χ0) is 15.5. The highest BCUT2D eigenvalue weighted by Gasteiger charge is 2.30. The summed E-state index contributed by atoms with van der Waals surface area (Å²) >= 11 is 11.4. The Bertz CT molecular complexity index is 652. The molecule has 2 aromatic rings. The first-order chi connectivity index (χ1) is 9.84. The lowest BCUT2D eigenvalue weighted by molar-refractivity contribution is -0.137. The molecule has 0 aliphatic rings. The van der Waals surface area contributed by atoms with Crippen molar-refractivity contribution in [2.75, 3.05) is 5.43 Å².